The number of aromatic amines is 5. The Hall–Kier alpha value is -4.14. The second-order valence-electron chi connectivity index (χ2n) is 5.83. The van der Waals surface area contributed by atoms with Gasteiger partial charge in [0.15, 0.2) is 0 Å². The molecule has 0 spiro atoms. The summed E-state index contributed by atoms with van der Waals surface area (Å²) in [5, 5.41) is 0. The number of rotatable bonds is 1. The fourth-order valence-corrected chi connectivity index (χ4v) is 2.23. The molecular formula is C16H16F2N6O7. The first-order chi connectivity index (χ1) is 14.7. The number of ether oxygens (including phenoxy) is 1. The molecule has 4 heterocycles. The summed E-state index contributed by atoms with van der Waals surface area (Å²) in [5.41, 5.74) is -4.20. The van der Waals surface area contributed by atoms with E-state index in [-0.39, 0.29) is 5.56 Å². The number of hydrogen-bond donors (Lipinski definition) is 5. The predicted molar refractivity (Wildman–Crippen MR) is 101 cm³/mol. The fourth-order valence-electron chi connectivity index (χ4n) is 2.23. The van der Waals surface area contributed by atoms with Gasteiger partial charge in [0.05, 0.1) is 6.20 Å². The first-order valence-electron chi connectivity index (χ1n) is 8.55. The summed E-state index contributed by atoms with van der Waals surface area (Å²) >= 11 is 0. The maximum absolute atomic E-state index is 12.9. The molecule has 3 aromatic heterocycles. The van der Waals surface area contributed by atoms with Crippen LogP contribution in [0.3, 0.4) is 0 Å². The molecule has 1 atom stereocenters. The van der Waals surface area contributed by atoms with E-state index in [1.165, 1.54) is 12.3 Å². The van der Waals surface area contributed by atoms with Crippen molar-refractivity contribution in [1.82, 2.24) is 29.5 Å². The Morgan fingerprint density at radius 3 is 2.10 bits per heavy atom. The van der Waals surface area contributed by atoms with Crippen LogP contribution in [0.1, 0.15) is 19.1 Å². The summed E-state index contributed by atoms with van der Waals surface area (Å²) in [4.78, 5) is 72.5. The van der Waals surface area contributed by atoms with Crippen molar-refractivity contribution in [3.05, 3.63) is 98.8 Å². The monoisotopic (exact) mass is 442 g/mol. The van der Waals surface area contributed by atoms with Gasteiger partial charge in [0, 0.05) is 25.1 Å². The minimum Gasteiger partial charge on any atom is -0.358 e. The van der Waals surface area contributed by atoms with E-state index in [1.807, 2.05) is 15.0 Å². The molecule has 1 unspecified atom stereocenters. The quantitative estimate of drug-likeness (QED) is 0.294. The van der Waals surface area contributed by atoms with Crippen LogP contribution in [0.15, 0.2) is 53.4 Å². The van der Waals surface area contributed by atoms with Crippen LogP contribution in [0.25, 0.3) is 0 Å². The lowest BCUT2D eigenvalue weighted by Gasteiger charge is -2.11. The van der Waals surface area contributed by atoms with Gasteiger partial charge in [0.1, 0.15) is 6.23 Å². The zero-order chi connectivity index (χ0) is 23.0. The first kappa shape index (κ1) is 23.1. The van der Waals surface area contributed by atoms with Gasteiger partial charge in [-0.15, -0.1) is 0 Å². The van der Waals surface area contributed by atoms with E-state index in [4.69, 9.17) is 4.74 Å². The molecule has 31 heavy (non-hydrogen) atoms. The Balaban J connectivity index is 0.000000175. The van der Waals surface area contributed by atoms with Gasteiger partial charge in [-0.05, 0) is 12.8 Å². The van der Waals surface area contributed by atoms with Crippen molar-refractivity contribution in [3.8, 4) is 0 Å². The lowest BCUT2D eigenvalue weighted by Crippen LogP contribution is -2.33. The fraction of sp³-hybridized carbons (Fsp3) is 0.250. The molecule has 0 aromatic carbocycles. The molecular weight excluding hydrogens is 426 g/mol. The molecule has 166 valence electrons. The first-order valence-corrected chi connectivity index (χ1v) is 8.55. The van der Waals surface area contributed by atoms with Crippen LogP contribution >= 0.6 is 0 Å². The second-order valence-corrected chi connectivity index (χ2v) is 5.83. The van der Waals surface area contributed by atoms with Gasteiger partial charge < -0.3 is 14.7 Å². The Bertz CT molecular complexity index is 1340. The topological polar surface area (TPSA) is 196 Å². The number of nitrogens with zero attached hydrogens (tertiary/aromatic N) is 1. The van der Waals surface area contributed by atoms with Crippen LogP contribution in [0, 0.1) is 11.6 Å². The van der Waals surface area contributed by atoms with E-state index in [0.29, 0.717) is 19.2 Å². The summed E-state index contributed by atoms with van der Waals surface area (Å²) in [6, 6.07) is 1.24. The highest BCUT2D eigenvalue weighted by Crippen LogP contribution is 2.20. The third-order valence-corrected chi connectivity index (χ3v) is 3.60. The molecule has 1 aliphatic heterocycles. The van der Waals surface area contributed by atoms with Gasteiger partial charge in [0.2, 0.25) is 11.6 Å². The van der Waals surface area contributed by atoms with Crippen molar-refractivity contribution in [2.75, 3.05) is 6.61 Å². The third-order valence-electron chi connectivity index (χ3n) is 3.60. The van der Waals surface area contributed by atoms with Crippen LogP contribution in [-0.4, -0.2) is 36.1 Å². The van der Waals surface area contributed by atoms with Gasteiger partial charge in [0.25, 0.3) is 16.7 Å². The average Bonchev–Trinajstić information content (AvgIpc) is 3.23. The van der Waals surface area contributed by atoms with E-state index in [9.17, 15) is 37.5 Å². The van der Waals surface area contributed by atoms with E-state index in [0.717, 1.165) is 17.2 Å². The zero-order valence-electron chi connectivity index (χ0n) is 15.6. The third kappa shape index (κ3) is 7.00. The Morgan fingerprint density at radius 1 is 0.903 bits per heavy atom. The Kier molecular flexibility index (Phi) is 7.90. The van der Waals surface area contributed by atoms with Crippen LogP contribution in [0.4, 0.5) is 8.78 Å². The highest BCUT2D eigenvalue weighted by molar-refractivity contribution is 4.89. The maximum Gasteiger partial charge on any atom is 0.330 e. The van der Waals surface area contributed by atoms with Crippen molar-refractivity contribution < 1.29 is 13.5 Å². The predicted octanol–water partition coefficient (Wildman–Crippen LogP) is -1.75. The van der Waals surface area contributed by atoms with Gasteiger partial charge in [-0.25, -0.2) is 14.4 Å². The van der Waals surface area contributed by atoms with E-state index in [1.54, 1.807) is 4.98 Å². The molecule has 0 radical (unpaired) electrons. The molecule has 3 aromatic rings. The second kappa shape index (κ2) is 10.6. The number of halogens is 2. The lowest BCUT2D eigenvalue weighted by atomic mass is 10.3. The van der Waals surface area contributed by atoms with Crippen molar-refractivity contribution in [1.29, 1.82) is 0 Å². The highest BCUT2D eigenvalue weighted by Gasteiger charge is 2.19. The summed E-state index contributed by atoms with van der Waals surface area (Å²) in [6.45, 7) is 0.553. The molecule has 0 amide bonds. The van der Waals surface area contributed by atoms with E-state index >= 15 is 0 Å². The van der Waals surface area contributed by atoms with Gasteiger partial charge in [-0.2, -0.15) is 8.78 Å². The minimum atomic E-state index is -1.00. The van der Waals surface area contributed by atoms with Gasteiger partial charge >= 0.3 is 17.1 Å². The molecule has 15 heteroatoms. The summed E-state index contributed by atoms with van der Waals surface area (Å²) in [7, 11) is 0. The standard InChI is InChI=1S/C8H9FN2O3.C4H3FN2O2.C4H4N2O2/c9-5-4-11(6-2-1-3-14-6)8(13)10-7(5)12;5-2-1-6-4(9)7-3(2)8;7-3-1-2-5-4(8)6-3/h4,6H,1-3H2,(H,10,12,13);1H,(H2,6,7,8,9);1-2H,(H2,5,6,7,8). The molecule has 1 fully saturated rings. The lowest BCUT2D eigenvalue weighted by molar-refractivity contribution is 0.0517. The largest absolute Gasteiger partial charge is 0.358 e. The molecule has 0 saturated carbocycles. The number of aromatic nitrogens is 6. The average molecular weight is 442 g/mol. The van der Waals surface area contributed by atoms with Crippen molar-refractivity contribution >= 4 is 0 Å². The molecule has 1 saturated heterocycles. The number of H-pyrrole nitrogens is 5. The van der Waals surface area contributed by atoms with Gasteiger partial charge in [-0.3, -0.25) is 33.9 Å². The smallest absolute Gasteiger partial charge is 0.330 e. The molecule has 5 N–H and O–H groups in total. The molecule has 4 rings (SSSR count). The normalized spacial score (nSPS) is 14.7. The Labute approximate surface area is 168 Å². The molecule has 0 aliphatic carbocycles. The van der Waals surface area contributed by atoms with E-state index < -0.39 is 46.1 Å². The van der Waals surface area contributed by atoms with Crippen LogP contribution in [-0.2, 0) is 4.74 Å². The minimum absolute atomic E-state index is 0.381. The van der Waals surface area contributed by atoms with Crippen LogP contribution in [0.5, 0.6) is 0 Å². The van der Waals surface area contributed by atoms with Crippen LogP contribution in [0.2, 0.25) is 0 Å². The summed E-state index contributed by atoms with van der Waals surface area (Å²) < 4.78 is 31.1. The maximum atomic E-state index is 12.9. The van der Waals surface area contributed by atoms with Crippen molar-refractivity contribution in [2.24, 2.45) is 0 Å². The van der Waals surface area contributed by atoms with Crippen molar-refractivity contribution in [3.63, 3.8) is 0 Å². The number of hydrogen-bond acceptors (Lipinski definition) is 7. The highest BCUT2D eigenvalue weighted by atomic mass is 19.1. The zero-order valence-corrected chi connectivity index (χ0v) is 15.6. The Morgan fingerprint density at radius 2 is 1.58 bits per heavy atom. The summed E-state index contributed by atoms with van der Waals surface area (Å²) in [6.07, 6.45) is 3.93. The number of nitrogens with one attached hydrogen (secondary N) is 5. The van der Waals surface area contributed by atoms with Gasteiger partial charge in [-0.1, -0.05) is 0 Å². The van der Waals surface area contributed by atoms with Crippen molar-refractivity contribution in [2.45, 2.75) is 19.1 Å². The summed E-state index contributed by atoms with van der Waals surface area (Å²) in [5.74, 6) is -1.96. The van der Waals surface area contributed by atoms with E-state index in [2.05, 4.69) is 4.98 Å². The molecule has 1 aliphatic rings. The molecule has 13 nitrogen and oxygen atoms in total. The SMILES string of the molecule is O=c1[nH]c(=O)n(C2CCCO2)cc1F.O=c1[nH]cc(F)c(=O)[nH]1.O=c1cc[nH]c(=O)[nH]1. The molecule has 0 bridgehead atoms. The van der Waals surface area contributed by atoms with Crippen LogP contribution < -0.4 is 33.7 Å².